The van der Waals surface area contributed by atoms with Crippen molar-refractivity contribution < 1.29 is 27.1 Å². The van der Waals surface area contributed by atoms with E-state index in [-0.39, 0.29) is 27.8 Å². The number of rotatable bonds is 3. The molecule has 0 aliphatic carbocycles. The first-order chi connectivity index (χ1) is 16.7. The van der Waals surface area contributed by atoms with Crippen LogP contribution in [0.5, 0.6) is 5.75 Å². The van der Waals surface area contributed by atoms with Crippen LogP contribution in [0.1, 0.15) is 21.7 Å². The van der Waals surface area contributed by atoms with Crippen molar-refractivity contribution in [2.24, 2.45) is 0 Å². The van der Waals surface area contributed by atoms with Gasteiger partial charge in [0.15, 0.2) is 0 Å². The van der Waals surface area contributed by atoms with Gasteiger partial charge in [-0.05, 0) is 47.5 Å². The molecule has 0 N–H and O–H groups in total. The monoisotopic (exact) mass is 474 g/mol. The molecule has 1 aromatic heterocycles. The standard InChI is InChI=1S/C28H17F3O4/c1-16-6-4-9-18(14-16)27(33)34-19-12-13-22-23(15-19)35-26(28(29,30)31)24(25(22)32)21-11-5-8-17-7-2-3-10-20(17)21/h2-15H,1H3. The highest BCUT2D eigenvalue weighted by Crippen LogP contribution is 2.39. The minimum absolute atomic E-state index is 0.0433. The number of hydrogen-bond acceptors (Lipinski definition) is 4. The topological polar surface area (TPSA) is 56.5 Å². The molecular weight excluding hydrogens is 457 g/mol. The molecule has 4 nitrogen and oxygen atoms in total. The number of carbonyl (C=O) groups excluding carboxylic acids is 1. The molecule has 0 saturated carbocycles. The molecule has 0 radical (unpaired) electrons. The summed E-state index contributed by atoms with van der Waals surface area (Å²) in [6, 6.07) is 22.1. The predicted octanol–water partition coefficient (Wildman–Crippen LogP) is 7.16. The first-order valence-corrected chi connectivity index (χ1v) is 10.7. The van der Waals surface area contributed by atoms with E-state index in [1.165, 1.54) is 18.2 Å². The second-order valence-corrected chi connectivity index (χ2v) is 8.08. The summed E-state index contributed by atoms with van der Waals surface area (Å²) in [6.07, 6.45) is -4.94. The Bertz CT molecular complexity index is 1660. The van der Waals surface area contributed by atoms with E-state index in [0.717, 1.165) is 11.6 Å². The maximum absolute atomic E-state index is 14.1. The number of benzene rings is 4. The Morgan fingerprint density at radius 2 is 1.60 bits per heavy atom. The van der Waals surface area contributed by atoms with E-state index >= 15 is 0 Å². The van der Waals surface area contributed by atoms with Crippen LogP contribution in [0.25, 0.3) is 32.9 Å². The van der Waals surface area contributed by atoms with E-state index in [1.54, 1.807) is 54.6 Å². The summed E-state index contributed by atoms with van der Waals surface area (Å²) in [4.78, 5) is 25.8. The summed E-state index contributed by atoms with van der Waals surface area (Å²) in [5, 5.41) is 1.13. The third-order valence-electron chi connectivity index (χ3n) is 5.64. The van der Waals surface area contributed by atoms with Gasteiger partial charge in [0.2, 0.25) is 11.2 Å². The van der Waals surface area contributed by atoms with E-state index in [0.29, 0.717) is 10.8 Å². The summed E-state index contributed by atoms with van der Waals surface area (Å²) in [5.74, 6) is -2.13. The number of aryl methyl sites for hydroxylation is 1. The van der Waals surface area contributed by atoms with Gasteiger partial charge in [-0.15, -0.1) is 0 Å². The average molecular weight is 474 g/mol. The SMILES string of the molecule is Cc1cccc(C(=O)Oc2ccc3c(=O)c(-c4cccc5ccccc45)c(C(F)(F)F)oc3c2)c1. The van der Waals surface area contributed by atoms with Crippen molar-refractivity contribution in [2.75, 3.05) is 0 Å². The van der Waals surface area contributed by atoms with Crippen LogP contribution >= 0.6 is 0 Å². The first kappa shape index (κ1) is 22.4. The number of fused-ring (bicyclic) bond motifs is 2. The van der Waals surface area contributed by atoms with Crippen LogP contribution in [0.15, 0.2) is 94.1 Å². The Balaban J connectivity index is 1.67. The largest absolute Gasteiger partial charge is 0.450 e. The molecule has 174 valence electrons. The van der Waals surface area contributed by atoms with E-state index < -0.39 is 28.9 Å². The molecule has 0 aliphatic heterocycles. The van der Waals surface area contributed by atoms with Crippen molar-refractivity contribution in [1.29, 1.82) is 0 Å². The van der Waals surface area contributed by atoms with Crippen molar-refractivity contribution in [1.82, 2.24) is 0 Å². The molecular formula is C28H17F3O4. The van der Waals surface area contributed by atoms with Gasteiger partial charge in [-0.2, -0.15) is 13.2 Å². The zero-order valence-electron chi connectivity index (χ0n) is 18.3. The number of carbonyl (C=O) groups is 1. The van der Waals surface area contributed by atoms with E-state index in [1.807, 2.05) is 13.0 Å². The molecule has 5 rings (SSSR count). The summed E-state index contributed by atoms with van der Waals surface area (Å²) in [6.45, 7) is 1.81. The summed E-state index contributed by atoms with van der Waals surface area (Å²) in [5.41, 5.74) is -0.465. The quantitative estimate of drug-likeness (QED) is 0.206. The fourth-order valence-corrected chi connectivity index (χ4v) is 4.06. The zero-order chi connectivity index (χ0) is 24.7. The molecule has 0 fully saturated rings. The molecule has 1 heterocycles. The third-order valence-corrected chi connectivity index (χ3v) is 5.64. The fourth-order valence-electron chi connectivity index (χ4n) is 4.06. The van der Waals surface area contributed by atoms with Crippen LogP contribution in [0.3, 0.4) is 0 Å². The van der Waals surface area contributed by atoms with Crippen molar-refractivity contribution in [3.63, 3.8) is 0 Å². The predicted molar refractivity (Wildman–Crippen MR) is 127 cm³/mol. The van der Waals surface area contributed by atoms with Gasteiger partial charge in [0.25, 0.3) is 0 Å². The Morgan fingerprint density at radius 1 is 0.857 bits per heavy atom. The Labute approximate surface area is 197 Å². The lowest BCUT2D eigenvalue weighted by Gasteiger charge is -2.14. The Kier molecular flexibility index (Phi) is 5.40. The van der Waals surface area contributed by atoms with Gasteiger partial charge in [0, 0.05) is 6.07 Å². The first-order valence-electron chi connectivity index (χ1n) is 10.7. The van der Waals surface area contributed by atoms with Crippen molar-refractivity contribution in [3.05, 3.63) is 112 Å². The maximum atomic E-state index is 14.1. The second-order valence-electron chi connectivity index (χ2n) is 8.08. The van der Waals surface area contributed by atoms with Crippen LogP contribution in [0.2, 0.25) is 0 Å². The highest BCUT2D eigenvalue weighted by Gasteiger charge is 2.39. The number of esters is 1. The molecule has 0 bridgehead atoms. The lowest BCUT2D eigenvalue weighted by atomic mass is 9.96. The van der Waals surface area contributed by atoms with Crippen molar-refractivity contribution >= 4 is 27.7 Å². The minimum atomic E-state index is -4.94. The number of alkyl halides is 3. The lowest BCUT2D eigenvalue weighted by molar-refractivity contribution is -0.152. The summed E-state index contributed by atoms with van der Waals surface area (Å²) in [7, 11) is 0. The molecule has 0 spiro atoms. The maximum Gasteiger partial charge on any atom is 0.450 e. The van der Waals surface area contributed by atoms with Gasteiger partial charge in [0.1, 0.15) is 11.3 Å². The van der Waals surface area contributed by atoms with Crippen LogP contribution in [-0.2, 0) is 6.18 Å². The number of halogens is 3. The van der Waals surface area contributed by atoms with Gasteiger partial charge in [0.05, 0.1) is 16.5 Å². The molecule has 7 heteroatoms. The molecule has 0 atom stereocenters. The molecule has 0 aliphatic rings. The highest BCUT2D eigenvalue weighted by molar-refractivity contribution is 5.99. The van der Waals surface area contributed by atoms with Crippen LogP contribution in [0, 0.1) is 6.92 Å². The van der Waals surface area contributed by atoms with Gasteiger partial charge in [-0.3, -0.25) is 4.79 Å². The molecule has 35 heavy (non-hydrogen) atoms. The van der Waals surface area contributed by atoms with Crippen LogP contribution < -0.4 is 10.2 Å². The molecule has 4 aromatic carbocycles. The van der Waals surface area contributed by atoms with Gasteiger partial charge < -0.3 is 9.15 Å². The third kappa shape index (κ3) is 4.17. The van der Waals surface area contributed by atoms with E-state index in [2.05, 4.69) is 0 Å². The van der Waals surface area contributed by atoms with Crippen molar-refractivity contribution in [3.8, 4) is 16.9 Å². The minimum Gasteiger partial charge on any atom is -0.450 e. The van der Waals surface area contributed by atoms with E-state index in [4.69, 9.17) is 9.15 Å². The fraction of sp³-hybridized carbons (Fsp3) is 0.0714. The molecule has 5 aromatic rings. The lowest BCUT2D eigenvalue weighted by Crippen LogP contribution is -2.16. The van der Waals surface area contributed by atoms with Crippen molar-refractivity contribution in [2.45, 2.75) is 13.1 Å². The molecule has 0 amide bonds. The zero-order valence-corrected chi connectivity index (χ0v) is 18.3. The smallest absolute Gasteiger partial charge is 0.450 e. The van der Waals surface area contributed by atoms with E-state index in [9.17, 15) is 22.8 Å². The number of hydrogen-bond donors (Lipinski definition) is 0. The Hall–Kier alpha value is -4.39. The van der Waals surface area contributed by atoms with Crippen LogP contribution in [-0.4, -0.2) is 5.97 Å². The second kappa shape index (κ2) is 8.43. The van der Waals surface area contributed by atoms with Gasteiger partial charge in [-0.25, -0.2) is 4.79 Å². The highest BCUT2D eigenvalue weighted by atomic mass is 19.4. The molecule has 0 unspecified atom stereocenters. The normalized spacial score (nSPS) is 11.7. The average Bonchev–Trinajstić information content (AvgIpc) is 2.83. The molecule has 0 saturated heterocycles. The van der Waals surface area contributed by atoms with Gasteiger partial charge >= 0.3 is 12.1 Å². The number of ether oxygens (including phenoxy) is 1. The van der Waals surface area contributed by atoms with Gasteiger partial charge in [-0.1, -0.05) is 60.2 Å². The Morgan fingerprint density at radius 3 is 2.37 bits per heavy atom. The van der Waals surface area contributed by atoms with Crippen LogP contribution in [0.4, 0.5) is 13.2 Å². The summed E-state index contributed by atoms with van der Waals surface area (Å²) >= 11 is 0. The summed E-state index contributed by atoms with van der Waals surface area (Å²) < 4.78 is 52.9.